The van der Waals surface area contributed by atoms with Gasteiger partial charge in [-0.05, 0) is 91.1 Å². The Balaban J connectivity index is 1.36. The molecule has 4 fully saturated rings. The maximum Gasteiger partial charge on any atom is 0.410 e. The van der Waals surface area contributed by atoms with Gasteiger partial charge >= 0.3 is 24.0 Å². The summed E-state index contributed by atoms with van der Waals surface area (Å²) in [6.45, 7) is 20.9. The number of ether oxygens (including phenoxy) is 5. The predicted octanol–water partition coefficient (Wildman–Crippen LogP) is 9.68. The highest BCUT2D eigenvalue weighted by atomic mass is 28.4. The Morgan fingerprint density at radius 2 is 1.32 bits per heavy atom. The highest BCUT2D eigenvalue weighted by Crippen LogP contribution is 2.65. The molecule has 11 atom stereocenters. The Labute approximate surface area is 461 Å². The molecule has 3 aromatic rings. The van der Waals surface area contributed by atoms with Crippen molar-refractivity contribution >= 4 is 52.3 Å². The van der Waals surface area contributed by atoms with Gasteiger partial charge in [0.15, 0.2) is 40.2 Å². The monoisotopic (exact) mass is 1110 g/mol. The number of hydrogen-bond acceptors (Lipinski definition) is 14. The highest BCUT2D eigenvalue weighted by molar-refractivity contribution is 6.74. The van der Waals surface area contributed by atoms with Crippen LogP contribution in [0.4, 0.5) is 4.79 Å². The molecule has 2 N–H and O–H groups in total. The Morgan fingerprint density at radius 3 is 1.83 bits per heavy atom. The SMILES string of the molecule is CC[Si](CC)(CC)O[C@H]1C[C@H]2OC[C@@]2(OC(=O)N2CC2)[C@H]2[C@H](OC(=O)c3ccccc3)[C@]3(O)C[C@H](OC(=O)[C@H](O[Si](CC)(CC)CC)[C@@H](NC(=O)c4ccccc4)c4ccccc4)C(C)=C([C@@H](OC(C)=O)C(=O)[C@]12C)C3(C)C. The summed E-state index contributed by atoms with van der Waals surface area (Å²) in [6.07, 6.45) is -9.15. The normalized spacial score (nSPS) is 29.0. The highest BCUT2D eigenvalue weighted by Gasteiger charge is 2.79. The van der Waals surface area contributed by atoms with Crippen LogP contribution >= 0.6 is 0 Å². The van der Waals surface area contributed by atoms with E-state index in [4.69, 9.17) is 32.5 Å². The number of fused-ring (bicyclic) bond motifs is 5. The van der Waals surface area contributed by atoms with Crippen LogP contribution in [-0.2, 0) is 46.9 Å². The number of amides is 2. The van der Waals surface area contributed by atoms with Crippen LogP contribution < -0.4 is 5.32 Å². The number of esters is 3. The number of benzene rings is 3. The van der Waals surface area contributed by atoms with Crippen molar-refractivity contribution in [2.75, 3.05) is 19.7 Å². The fourth-order valence-electron chi connectivity index (χ4n) is 13.2. The van der Waals surface area contributed by atoms with Crippen molar-refractivity contribution in [1.29, 1.82) is 0 Å². The zero-order valence-electron chi connectivity index (χ0n) is 47.3. The van der Waals surface area contributed by atoms with E-state index in [1.807, 2.05) is 26.8 Å². The van der Waals surface area contributed by atoms with Crippen LogP contribution in [0.15, 0.2) is 102 Å². The molecule has 2 aliphatic heterocycles. The Bertz CT molecular complexity index is 2720. The molecule has 0 aromatic heterocycles. The van der Waals surface area contributed by atoms with Crippen molar-refractivity contribution in [2.45, 2.75) is 179 Å². The number of nitrogens with one attached hydrogen (secondary N) is 1. The van der Waals surface area contributed by atoms with Gasteiger partial charge in [-0.25, -0.2) is 14.4 Å². The fraction of sp³-hybridized carbons (Fsp3) is 0.567. The number of rotatable bonds is 20. The topological polar surface area (TPSA) is 202 Å². The van der Waals surface area contributed by atoms with Crippen LogP contribution in [-0.4, -0.2) is 130 Å². The summed E-state index contributed by atoms with van der Waals surface area (Å²) in [5.74, 6) is -5.00. The molecule has 3 aromatic carbocycles. The second kappa shape index (κ2) is 22.9. The van der Waals surface area contributed by atoms with E-state index in [9.17, 15) is 19.5 Å². The average molecular weight is 1110 g/mol. The van der Waals surface area contributed by atoms with Crippen molar-refractivity contribution in [3.05, 3.63) is 119 Å². The molecule has 18 heteroatoms. The third-order valence-electron chi connectivity index (χ3n) is 18.7. The van der Waals surface area contributed by atoms with Gasteiger partial charge in [-0.1, -0.05) is 122 Å². The second-order valence-electron chi connectivity index (χ2n) is 22.8. The third-order valence-corrected chi connectivity index (χ3v) is 28.0. The van der Waals surface area contributed by atoms with Crippen molar-refractivity contribution < 1.29 is 66.4 Å². The van der Waals surface area contributed by atoms with Crippen molar-refractivity contribution in [3.8, 4) is 0 Å². The quantitative estimate of drug-likeness (QED) is 0.0356. The van der Waals surface area contributed by atoms with Gasteiger partial charge in [0.05, 0.1) is 35.6 Å². The summed E-state index contributed by atoms with van der Waals surface area (Å²) >= 11 is 0. The van der Waals surface area contributed by atoms with Gasteiger partial charge in [-0.15, -0.1) is 0 Å². The van der Waals surface area contributed by atoms with Crippen LogP contribution in [0.3, 0.4) is 0 Å². The van der Waals surface area contributed by atoms with Gasteiger partial charge in [0.2, 0.25) is 0 Å². The summed E-state index contributed by atoms with van der Waals surface area (Å²) in [5, 5.41) is 17.7. The molecule has 2 amide bonds. The molecule has 2 saturated carbocycles. The second-order valence-corrected chi connectivity index (χ2v) is 32.2. The summed E-state index contributed by atoms with van der Waals surface area (Å²) < 4.78 is 47.7. The first-order valence-electron chi connectivity index (χ1n) is 28.1. The van der Waals surface area contributed by atoms with Crippen LogP contribution in [0.5, 0.6) is 0 Å². The number of hydrogen-bond donors (Lipinski definition) is 2. The van der Waals surface area contributed by atoms with Crippen LogP contribution in [0.25, 0.3) is 0 Å². The molecule has 2 heterocycles. The van der Waals surface area contributed by atoms with E-state index in [0.29, 0.717) is 66.1 Å². The molecule has 2 saturated heterocycles. The number of Topliss-reactive ketones (excluding diaryl/α,β-unsaturated/α-hetero) is 1. The molecule has 422 valence electrons. The van der Waals surface area contributed by atoms with Crippen LogP contribution in [0.2, 0.25) is 36.3 Å². The minimum atomic E-state index is -2.76. The van der Waals surface area contributed by atoms with Crippen molar-refractivity contribution in [1.82, 2.24) is 10.2 Å². The van der Waals surface area contributed by atoms with Gasteiger partial charge < -0.3 is 47.9 Å². The standard InChI is InChI=1S/C60H80N2O14Si2/c1-12-77(13-2,14-3)75-44-35-45-59(37-70-45,74-56(68)62-33-34-62)50-52(73-54(66)42-31-25-20-26-32-42)60(69)36-43(38(7)46(57(60,9)10)48(71-39(8)63)51(64)58(44,50)11)72-55(67)49(76-78(15-4,16-5)17-6)47(40-27-21-18-22-28-40)61-53(65)41-29-23-19-24-30-41/h18-32,43-45,47-50,52,69H,12-17,33-37H2,1-11H3,(H,61,65)/t43-,44-,45+,47-,48+,49+,50-,52-,58+,59-,60+/m0/s1. The van der Waals surface area contributed by atoms with Crippen LogP contribution in [0.1, 0.15) is 121 Å². The molecule has 78 heavy (non-hydrogen) atoms. The van der Waals surface area contributed by atoms with Gasteiger partial charge in [-0.3, -0.25) is 14.4 Å². The number of nitrogens with zero attached hydrogens (tertiary/aromatic N) is 1. The third kappa shape index (κ3) is 10.5. The van der Waals surface area contributed by atoms with E-state index in [0.717, 1.165) is 0 Å². The van der Waals surface area contributed by atoms with Gasteiger partial charge in [0.25, 0.3) is 5.91 Å². The minimum absolute atomic E-state index is 0.0931. The molecule has 0 unspecified atom stereocenters. The molecule has 16 nitrogen and oxygen atoms in total. The maximum atomic E-state index is 16.7. The molecule has 0 spiro atoms. The van der Waals surface area contributed by atoms with Gasteiger partial charge in [-0.2, -0.15) is 0 Å². The predicted molar refractivity (Wildman–Crippen MR) is 296 cm³/mol. The number of carbonyl (C=O) groups is 6. The Hall–Kier alpha value is -5.51. The van der Waals surface area contributed by atoms with E-state index >= 15 is 14.4 Å². The maximum absolute atomic E-state index is 16.7. The summed E-state index contributed by atoms with van der Waals surface area (Å²) in [6, 6.07) is 28.9. The van der Waals surface area contributed by atoms with E-state index in [2.05, 4.69) is 26.1 Å². The number of ketones is 1. The summed E-state index contributed by atoms with van der Waals surface area (Å²) in [5.41, 5.74) is -5.95. The lowest BCUT2D eigenvalue weighted by molar-refractivity contribution is -0.340. The number of aliphatic hydroxyl groups is 1. The minimum Gasteiger partial charge on any atom is -0.456 e. The molecule has 8 rings (SSSR count). The fourth-order valence-corrected chi connectivity index (χ4v) is 18.9. The zero-order valence-corrected chi connectivity index (χ0v) is 49.3. The zero-order chi connectivity index (χ0) is 56.6. The van der Waals surface area contributed by atoms with Gasteiger partial charge in [0, 0.05) is 43.8 Å². The number of carbonyl (C=O) groups excluding carboxylic acids is 6. The average Bonchev–Trinajstić information content (AvgIpc) is 4.37. The first-order valence-corrected chi connectivity index (χ1v) is 33.1. The molecular formula is C60H80N2O14Si2. The van der Waals surface area contributed by atoms with E-state index < -0.39 is 129 Å². The largest absolute Gasteiger partial charge is 0.456 e. The van der Waals surface area contributed by atoms with Crippen molar-refractivity contribution in [3.63, 3.8) is 0 Å². The Kier molecular flexibility index (Phi) is 17.2. The lowest BCUT2D eigenvalue weighted by atomic mass is 9.44. The first-order chi connectivity index (χ1) is 37.1. The summed E-state index contributed by atoms with van der Waals surface area (Å²) in [7, 11) is -5.42. The van der Waals surface area contributed by atoms with Gasteiger partial charge in [0.1, 0.15) is 23.9 Å². The lowest BCUT2D eigenvalue weighted by Crippen LogP contribution is -2.82. The smallest absolute Gasteiger partial charge is 0.410 e. The first kappa shape index (κ1) is 58.6. The summed E-state index contributed by atoms with van der Waals surface area (Å²) in [4.78, 5) is 91.3. The molecular weight excluding hydrogens is 1030 g/mol. The molecule has 5 aliphatic rings. The molecule has 2 bridgehead atoms. The molecule has 3 aliphatic carbocycles. The van der Waals surface area contributed by atoms with E-state index in [1.54, 1.807) is 113 Å². The van der Waals surface area contributed by atoms with Crippen molar-refractivity contribution in [2.24, 2.45) is 16.7 Å². The van der Waals surface area contributed by atoms with E-state index in [-0.39, 0.29) is 24.2 Å². The lowest BCUT2D eigenvalue weighted by Gasteiger charge is -2.68. The van der Waals surface area contributed by atoms with Crippen LogP contribution in [0, 0.1) is 16.7 Å². The molecule has 0 radical (unpaired) electrons. The Morgan fingerprint density at radius 1 is 0.769 bits per heavy atom. The van der Waals surface area contributed by atoms with E-state index in [1.165, 1.54) is 11.8 Å².